The van der Waals surface area contributed by atoms with E-state index in [1.807, 2.05) is 6.07 Å². The number of fused-ring (bicyclic) bond motifs is 1. The molecule has 1 unspecified atom stereocenters. The normalized spacial score (nSPS) is 12.9. The Kier molecular flexibility index (Phi) is 5.34. The van der Waals surface area contributed by atoms with Crippen molar-refractivity contribution < 1.29 is 14.3 Å². The summed E-state index contributed by atoms with van der Waals surface area (Å²) >= 11 is 0. The van der Waals surface area contributed by atoms with Crippen LogP contribution in [0.15, 0.2) is 35.1 Å². The number of imidazole rings is 1. The SMILES string of the molecule is CCOC(OC(=O)c1ccccc1)n1c([Si](C)(C)C)nc2c(=O)[nH]c(N)nc21. The smallest absolute Gasteiger partial charge is 0.341 e. The first-order valence-corrected chi connectivity index (χ1v) is 12.4. The summed E-state index contributed by atoms with van der Waals surface area (Å²) in [5, 5.41) is 0. The van der Waals surface area contributed by atoms with E-state index in [4.69, 9.17) is 15.2 Å². The monoisotopic (exact) mass is 401 g/mol. The highest BCUT2D eigenvalue weighted by molar-refractivity contribution is 6.87. The van der Waals surface area contributed by atoms with Crippen molar-refractivity contribution in [3.05, 3.63) is 46.2 Å². The van der Waals surface area contributed by atoms with Crippen LogP contribution in [-0.2, 0) is 9.47 Å². The molecule has 3 rings (SSSR count). The molecule has 0 spiro atoms. The number of benzene rings is 1. The van der Waals surface area contributed by atoms with Gasteiger partial charge in [0.05, 0.1) is 11.0 Å². The number of carbonyl (C=O) groups is 1. The molecule has 0 fully saturated rings. The number of nitrogens with zero attached hydrogens (tertiary/aromatic N) is 3. The molecule has 1 atom stereocenters. The largest absolute Gasteiger partial charge is 0.412 e. The summed E-state index contributed by atoms with van der Waals surface area (Å²) in [5.41, 5.74) is 6.63. The number of nitrogens with one attached hydrogen (secondary N) is 1. The number of H-pyrrole nitrogens is 1. The Morgan fingerprint density at radius 1 is 1.25 bits per heavy atom. The van der Waals surface area contributed by atoms with Crippen molar-refractivity contribution in [1.82, 2.24) is 19.5 Å². The highest BCUT2D eigenvalue weighted by atomic mass is 28.3. The van der Waals surface area contributed by atoms with Crippen LogP contribution >= 0.6 is 0 Å². The molecular weight excluding hydrogens is 378 g/mol. The van der Waals surface area contributed by atoms with E-state index in [-0.39, 0.29) is 23.7 Å². The molecule has 0 radical (unpaired) electrons. The molecule has 2 aromatic heterocycles. The Balaban J connectivity index is 2.16. The predicted molar refractivity (Wildman–Crippen MR) is 108 cm³/mol. The number of nitrogens with two attached hydrogens (primary N) is 1. The molecule has 10 heteroatoms. The van der Waals surface area contributed by atoms with Gasteiger partial charge in [-0.05, 0) is 19.1 Å². The van der Waals surface area contributed by atoms with E-state index in [1.54, 1.807) is 35.8 Å². The Morgan fingerprint density at radius 3 is 2.54 bits per heavy atom. The first kappa shape index (κ1) is 19.8. The van der Waals surface area contributed by atoms with Crippen molar-refractivity contribution in [2.24, 2.45) is 0 Å². The summed E-state index contributed by atoms with van der Waals surface area (Å²) in [4.78, 5) is 36.1. The van der Waals surface area contributed by atoms with Crippen LogP contribution in [0.1, 0.15) is 23.7 Å². The summed E-state index contributed by atoms with van der Waals surface area (Å²) < 4.78 is 12.9. The lowest BCUT2D eigenvalue weighted by atomic mass is 10.2. The minimum Gasteiger partial charge on any atom is -0.412 e. The zero-order valence-corrected chi connectivity index (χ0v) is 17.2. The summed E-state index contributed by atoms with van der Waals surface area (Å²) in [6.07, 6.45) is -1.13. The van der Waals surface area contributed by atoms with Crippen LogP contribution in [-0.4, -0.2) is 40.2 Å². The number of esters is 1. The minimum atomic E-state index is -2.08. The molecule has 3 N–H and O–H groups in total. The van der Waals surface area contributed by atoms with Gasteiger partial charge in [-0.3, -0.25) is 14.3 Å². The second-order valence-electron chi connectivity index (χ2n) is 7.21. The summed E-state index contributed by atoms with van der Waals surface area (Å²) in [6.45, 7) is 8.24. The number of nitrogen functional groups attached to an aromatic ring is 1. The molecule has 3 aromatic rings. The van der Waals surface area contributed by atoms with E-state index in [1.165, 1.54) is 0 Å². The van der Waals surface area contributed by atoms with Crippen molar-refractivity contribution in [2.45, 2.75) is 33.0 Å². The van der Waals surface area contributed by atoms with Crippen LogP contribution < -0.4 is 16.7 Å². The number of aromatic amines is 1. The average Bonchev–Trinajstić information content (AvgIpc) is 3.02. The van der Waals surface area contributed by atoms with Gasteiger partial charge in [0.15, 0.2) is 11.2 Å². The molecule has 0 aliphatic heterocycles. The zero-order valence-electron chi connectivity index (χ0n) is 16.2. The summed E-state index contributed by atoms with van der Waals surface area (Å²) in [7, 11) is -2.08. The molecular formula is C18H23N5O4Si. The van der Waals surface area contributed by atoms with E-state index in [0.717, 1.165) is 0 Å². The second-order valence-corrected chi connectivity index (χ2v) is 12.2. The maximum absolute atomic E-state index is 12.6. The minimum absolute atomic E-state index is 0.0505. The topological polar surface area (TPSA) is 125 Å². The van der Waals surface area contributed by atoms with E-state index in [2.05, 4.69) is 34.6 Å². The van der Waals surface area contributed by atoms with Gasteiger partial charge in [0.1, 0.15) is 8.07 Å². The van der Waals surface area contributed by atoms with E-state index in [9.17, 15) is 9.59 Å². The zero-order chi connectivity index (χ0) is 20.5. The second kappa shape index (κ2) is 7.56. The van der Waals surface area contributed by atoms with Crippen LogP contribution in [0.3, 0.4) is 0 Å². The predicted octanol–water partition coefficient (Wildman–Crippen LogP) is 1.60. The fourth-order valence-electron chi connectivity index (χ4n) is 2.77. The van der Waals surface area contributed by atoms with Crippen molar-refractivity contribution in [2.75, 3.05) is 12.3 Å². The van der Waals surface area contributed by atoms with Crippen molar-refractivity contribution >= 4 is 36.6 Å². The van der Waals surface area contributed by atoms with E-state index < -0.39 is 26.0 Å². The van der Waals surface area contributed by atoms with Crippen molar-refractivity contribution in [3.8, 4) is 0 Å². The summed E-state index contributed by atoms with van der Waals surface area (Å²) in [6, 6.07) is 8.60. The van der Waals surface area contributed by atoms with Crippen molar-refractivity contribution in [1.29, 1.82) is 0 Å². The molecule has 0 aliphatic rings. The number of carbonyl (C=O) groups excluding carboxylic acids is 1. The maximum atomic E-state index is 12.6. The number of anilines is 1. The van der Waals surface area contributed by atoms with Gasteiger partial charge in [0.25, 0.3) is 12.0 Å². The molecule has 0 saturated carbocycles. The van der Waals surface area contributed by atoms with Gasteiger partial charge in [0.2, 0.25) is 5.95 Å². The standard InChI is InChI=1S/C18H23N5O4Si/c1-5-26-18(27-15(25)11-9-7-6-8-10-11)23-13-12(14(24)22-16(19)21-13)20-17(23)28(2,3)4/h6-10,18H,5H2,1-4H3,(H3,19,21,22,24). The van der Waals surface area contributed by atoms with Gasteiger partial charge in [-0.25, -0.2) is 9.78 Å². The fraction of sp³-hybridized carbons (Fsp3) is 0.333. The third kappa shape index (κ3) is 3.82. The third-order valence-corrected chi connectivity index (χ3v) is 5.67. The molecule has 0 amide bonds. The highest BCUT2D eigenvalue weighted by Crippen LogP contribution is 2.20. The van der Waals surface area contributed by atoms with Gasteiger partial charge in [-0.1, -0.05) is 37.8 Å². The van der Waals surface area contributed by atoms with Crippen LogP contribution in [0.5, 0.6) is 0 Å². The van der Waals surface area contributed by atoms with Gasteiger partial charge >= 0.3 is 5.97 Å². The van der Waals surface area contributed by atoms with Crippen LogP contribution in [0, 0.1) is 0 Å². The Labute approximate surface area is 162 Å². The van der Waals surface area contributed by atoms with Crippen LogP contribution in [0.25, 0.3) is 11.2 Å². The van der Waals surface area contributed by atoms with Crippen molar-refractivity contribution in [3.63, 3.8) is 0 Å². The molecule has 0 bridgehead atoms. The number of hydrogen-bond donors (Lipinski definition) is 2. The number of ether oxygens (including phenoxy) is 2. The van der Waals surface area contributed by atoms with Crippen LogP contribution in [0.2, 0.25) is 19.6 Å². The molecule has 9 nitrogen and oxygen atoms in total. The first-order valence-electron chi connectivity index (χ1n) is 8.88. The lowest BCUT2D eigenvalue weighted by Crippen LogP contribution is -2.46. The molecule has 1 aromatic carbocycles. The van der Waals surface area contributed by atoms with Gasteiger partial charge in [-0.15, -0.1) is 0 Å². The van der Waals surface area contributed by atoms with E-state index >= 15 is 0 Å². The lowest BCUT2D eigenvalue weighted by Gasteiger charge is -2.24. The Morgan fingerprint density at radius 2 is 1.93 bits per heavy atom. The van der Waals surface area contributed by atoms with E-state index in [0.29, 0.717) is 11.0 Å². The lowest BCUT2D eigenvalue weighted by molar-refractivity contribution is -0.151. The number of hydrogen-bond acceptors (Lipinski definition) is 7. The highest BCUT2D eigenvalue weighted by Gasteiger charge is 2.32. The molecule has 28 heavy (non-hydrogen) atoms. The van der Waals surface area contributed by atoms with Gasteiger partial charge in [-0.2, -0.15) is 4.98 Å². The third-order valence-electron chi connectivity index (χ3n) is 3.98. The Hall–Kier alpha value is -2.98. The first-order chi connectivity index (χ1) is 13.2. The molecule has 2 heterocycles. The number of aromatic nitrogens is 4. The van der Waals surface area contributed by atoms with Crippen LogP contribution in [0.4, 0.5) is 5.95 Å². The fourth-order valence-corrected chi connectivity index (χ4v) is 4.15. The quantitative estimate of drug-likeness (QED) is 0.365. The summed E-state index contributed by atoms with van der Waals surface area (Å²) in [5.74, 6) is -0.606. The molecule has 0 aliphatic carbocycles. The molecule has 0 saturated heterocycles. The Bertz CT molecular complexity index is 1060. The van der Waals surface area contributed by atoms with Gasteiger partial charge < -0.3 is 15.2 Å². The maximum Gasteiger partial charge on any atom is 0.341 e. The molecule has 148 valence electrons. The number of rotatable bonds is 6. The van der Waals surface area contributed by atoms with Gasteiger partial charge in [0, 0.05) is 6.61 Å². The average molecular weight is 401 g/mol.